The minimum Gasteiger partial charge on any atom is -0.475 e. The standard InChI is InChI=1S/C12H6ClF3O/c1-2-7-5-8-3-4-10(12(14,15)16)17-11(8)9(13)6-7/h1,3-6,10H/t10-/m1/s1. The lowest BCUT2D eigenvalue weighted by atomic mass is 10.1. The van der Waals surface area contributed by atoms with Gasteiger partial charge in [0.25, 0.3) is 0 Å². The Bertz CT molecular complexity index is 526. The number of hydrogen-bond acceptors (Lipinski definition) is 1. The minimum atomic E-state index is -4.46. The van der Waals surface area contributed by atoms with Crippen LogP contribution in [0.1, 0.15) is 11.1 Å². The average molecular weight is 259 g/mol. The third-order valence-electron chi connectivity index (χ3n) is 2.26. The fourth-order valence-corrected chi connectivity index (χ4v) is 1.75. The smallest absolute Gasteiger partial charge is 0.429 e. The van der Waals surface area contributed by atoms with Gasteiger partial charge in [0.1, 0.15) is 5.75 Å². The summed E-state index contributed by atoms with van der Waals surface area (Å²) < 4.78 is 42.2. The van der Waals surface area contributed by atoms with Crippen molar-refractivity contribution in [2.75, 3.05) is 0 Å². The topological polar surface area (TPSA) is 9.23 Å². The van der Waals surface area contributed by atoms with Gasteiger partial charge in [-0.2, -0.15) is 13.2 Å². The molecule has 0 unspecified atom stereocenters. The van der Waals surface area contributed by atoms with Crippen molar-refractivity contribution in [2.24, 2.45) is 0 Å². The predicted molar refractivity (Wildman–Crippen MR) is 58.9 cm³/mol. The van der Waals surface area contributed by atoms with E-state index in [-0.39, 0.29) is 10.8 Å². The van der Waals surface area contributed by atoms with Crippen molar-refractivity contribution in [1.29, 1.82) is 0 Å². The van der Waals surface area contributed by atoms with E-state index in [1.807, 2.05) is 0 Å². The fourth-order valence-electron chi connectivity index (χ4n) is 1.48. The summed E-state index contributed by atoms with van der Waals surface area (Å²) in [7, 11) is 0. The molecule has 1 aliphatic heterocycles. The molecule has 0 saturated carbocycles. The van der Waals surface area contributed by atoms with Crippen molar-refractivity contribution in [2.45, 2.75) is 12.3 Å². The van der Waals surface area contributed by atoms with E-state index >= 15 is 0 Å². The molecule has 0 aliphatic carbocycles. The van der Waals surface area contributed by atoms with Crippen LogP contribution in [0.3, 0.4) is 0 Å². The normalized spacial score (nSPS) is 18.2. The molecule has 0 amide bonds. The molecule has 17 heavy (non-hydrogen) atoms. The zero-order chi connectivity index (χ0) is 12.6. The number of fused-ring (bicyclic) bond motifs is 1. The van der Waals surface area contributed by atoms with Crippen LogP contribution in [-0.2, 0) is 0 Å². The van der Waals surface area contributed by atoms with Crippen molar-refractivity contribution < 1.29 is 17.9 Å². The summed E-state index contributed by atoms with van der Waals surface area (Å²) >= 11 is 5.82. The number of halogens is 4. The van der Waals surface area contributed by atoms with Crippen LogP contribution in [0.4, 0.5) is 13.2 Å². The van der Waals surface area contributed by atoms with E-state index in [1.54, 1.807) is 6.07 Å². The van der Waals surface area contributed by atoms with Gasteiger partial charge in [0, 0.05) is 11.1 Å². The first-order valence-corrected chi connectivity index (χ1v) is 5.01. The molecule has 0 N–H and O–H groups in total. The van der Waals surface area contributed by atoms with Crippen LogP contribution in [0, 0.1) is 12.3 Å². The van der Waals surface area contributed by atoms with Crippen molar-refractivity contribution in [3.63, 3.8) is 0 Å². The molecule has 1 atom stereocenters. The van der Waals surface area contributed by atoms with Gasteiger partial charge in [-0.1, -0.05) is 23.6 Å². The highest BCUT2D eigenvalue weighted by Gasteiger charge is 2.41. The summed E-state index contributed by atoms with van der Waals surface area (Å²) in [6, 6.07) is 2.94. The van der Waals surface area contributed by atoms with E-state index in [2.05, 4.69) is 5.92 Å². The van der Waals surface area contributed by atoms with Crippen molar-refractivity contribution in [3.8, 4) is 18.1 Å². The third kappa shape index (κ3) is 2.25. The lowest BCUT2D eigenvalue weighted by molar-refractivity contribution is -0.180. The quantitative estimate of drug-likeness (QED) is 0.646. The van der Waals surface area contributed by atoms with Gasteiger partial charge in [0.05, 0.1) is 5.02 Å². The molecule has 0 radical (unpaired) electrons. The largest absolute Gasteiger partial charge is 0.475 e. The van der Waals surface area contributed by atoms with E-state index in [0.717, 1.165) is 6.08 Å². The van der Waals surface area contributed by atoms with E-state index in [4.69, 9.17) is 22.8 Å². The Kier molecular flexibility index (Phi) is 2.80. The summed E-state index contributed by atoms with van der Waals surface area (Å²) in [4.78, 5) is 0. The molecule has 0 spiro atoms. The third-order valence-corrected chi connectivity index (χ3v) is 2.54. The molecule has 5 heteroatoms. The maximum Gasteiger partial charge on any atom is 0.429 e. The molecule has 1 heterocycles. The lowest BCUT2D eigenvalue weighted by Gasteiger charge is -2.24. The Morgan fingerprint density at radius 1 is 1.35 bits per heavy atom. The first-order valence-electron chi connectivity index (χ1n) is 4.63. The monoisotopic (exact) mass is 258 g/mol. The van der Waals surface area contributed by atoms with Crippen LogP contribution in [-0.4, -0.2) is 12.3 Å². The second-order valence-electron chi connectivity index (χ2n) is 3.46. The molecule has 1 nitrogen and oxygen atoms in total. The zero-order valence-corrected chi connectivity index (χ0v) is 9.14. The Hall–Kier alpha value is -1.60. The second kappa shape index (κ2) is 4.01. The molecular weight excluding hydrogens is 253 g/mol. The Morgan fingerprint density at radius 3 is 2.65 bits per heavy atom. The molecule has 1 aliphatic rings. The fraction of sp³-hybridized carbons (Fsp3) is 0.167. The second-order valence-corrected chi connectivity index (χ2v) is 3.87. The Labute approximate surface area is 101 Å². The SMILES string of the molecule is C#Cc1cc(Cl)c2c(c1)C=C[C@H](C(F)(F)F)O2. The average Bonchev–Trinajstić information content (AvgIpc) is 2.27. The van der Waals surface area contributed by atoms with Gasteiger partial charge in [-0.3, -0.25) is 0 Å². The first-order chi connectivity index (χ1) is 7.91. The number of ether oxygens (including phenoxy) is 1. The number of hydrogen-bond donors (Lipinski definition) is 0. The van der Waals surface area contributed by atoms with Crippen molar-refractivity contribution in [1.82, 2.24) is 0 Å². The van der Waals surface area contributed by atoms with Gasteiger partial charge < -0.3 is 4.74 Å². The summed E-state index contributed by atoms with van der Waals surface area (Å²) in [6.45, 7) is 0. The lowest BCUT2D eigenvalue weighted by Crippen LogP contribution is -2.34. The summed E-state index contributed by atoms with van der Waals surface area (Å²) in [5, 5.41) is 0.0778. The maximum absolute atomic E-state index is 12.5. The van der Waals surface area contributed by atoms with Crippen LogP contribution >= 0.6 is 11.6 Å². The first kappa shape index (κ1) is 11.9. The molecule has 1 aromatic rings. The molecule has 1 aromatic carbocycles. The van der Waals surface area contributed by atoms with Gasteiger partial charge in [-0.25, -0.2) is 0 Å². The van der Waals surface area contributed by atoms with Gasteiger partial charge in [0.2, 0.25) is 6.10 Å². The molecule has 0 fully saturated rings. The highest BCUT2D eigenvalue weighted by atomic mass is 35.5. The van der Waals surface area contributed by atoms with Crippen LogP contribution < -0.4 is 4.74 Å². The number of benzene rings is 1. The van der Waals surface area contributed by atoms with E-state index < -0.39 is 12.3 Å². The summed E-state index contributed by atoms with van der Waals surface area (Å²) in [5.41, 5.74) is 0.943. The zero-order valence-electron chi connectivity index (χ0n) is 8.38. The van der Waals surface area contributed by atoms with E-state index in [1.165, 1.54) is 12.1 Å². The van der Waals surface area contributed by atoms with Gasteiger partial charge in [-0.05, 0) is 18.2 Å². The van der Waals surface area contributed by atoms with Crippen molar-refractivity contribution in [3.05, 3.63) is 34.4 Å². The number of rotatable bonds is 0. The van der Waals surface area contributed by atoms with E-state index in [0.29, 0.717) is 11.1 Å². The molecule has 0 saturated heterocycles. The molecule has 0 aromatic heterocycles. The van der Waals surface area contributed by atoms with Crippen LogP contribution in [0.5, 0.6) is 5.75 Å². The molecule has 0 bridgehead atoms. The maximum atomic E-state index is 12.5. The summed E-state index contributed by atoms with van der Waals surface area (Å²) in [5.74, 6) is 2.37. The molecular formula is C12H6ClF3O. The van der Waals surface area contributed by atoms with E-state index in [9.17, 15) is 13.2 Å². The number of alkyl halides is 3. The minimum absolute atomic E-state index is 0.00971. The van der Waals surface area contributed by atoms with Crippen LogP contribution in [0.25, 0.3) is 6.08 Å². The van der Waals surface area contributed by atoms with Gasteiger partial charge in [-0.15, -0.1) is 6.42 Å². The number of terminal acetylenes is 1. The van der Waals surface area contributed by atoms with Crippen LogP contribution in [0.2, 0.25) is 5.02 Å². The Morgan fingerprint density at radius 2 is 2.06 bits per heavy atom. The van der Waals surface area contributed by atoms with Crippen molar-refractivity contribution >= 4 is 17.7 Å². The Balaban J connectivity index is 2.44. The van der Waals surface area contributed by atoms with Crippen LogP contribution in [0.15, 0.2) is 18.2 Å². The highest BCUT2D eigenvalue weighted by Crippen LogP contribution is 2.38. The van der Waals surface area contributed by atoms with Gasteiger partial charge >= 0.3 is 6.18 Å². The summed E-state index contributed by atoms with van der Waals surface area (Å²) in [6.07, 6.45) is 1.01. The predicted octanol–water partition coefficient (Wildman–Crippen LogP) is 3.66. The van der Waals surface area contributed by atoms with Gasteiger partial charge in [0.15, 0.2) is 0 Å². The molecule has 88 valence electrons. The highest BCUT2D eigenvalue weighted by molar-refractivity contribution is 6.32. The molecule has 2 rings (SSSR count).